The number of sulfone groups is 1. The molecule has 3 atom stereocenters. The van der Waals surface area contributed by atoms with E-state index in [2.05, 4.69) is 12.2 Å². The predicted octanol–water partition coefficient (Wildman–Crippen LogP) is 2.88. The van der Waals surface area contributed by atoms with E-state index >= 15 is 0 Å². The fourth-order valence-electron chi connectivity index (χ4n) is 4.17. The summed E-state index contributed by atoms with van der Waals surface area (Å²) in [5.41, 5.74) is -0.189. The fraction of sp³-hybridized carbons (Fsp3) is 0.833. The Morgan fingerprint density at radius 2 is 1.81 bits per heavy atom. The van der Waals surface area contributed by atoms with Crippen molar-refractivity contribution in [3.05, 3.63) is 12.2 Å². The van der Waals surface area contributed by atoms with Gasteiger partial charge in [-0.15, -0.1) is 11.6 Å². The Hall–Kier alpha value is -0.0200. The van der Waals surface area contributed by atoms with Crippen LogP contribution in [0, 0.1) is 10.8 Å². The summed E-state index contributed by atoms with van der Waals surface area (Å²) in [6.45, 7) is 0. The third-order valence-corrected chi connectivity index (χ3v) is 8.24. The molecule has 3 rings (SSSR count). The molecule has 0 radical (unpaired) electrons. The van der Waals surface area contributed by atoms with Crippen molar-refractivity contribution in [2.45, 2.75) is 43.2 Å². The zero-order valence-corrected chi connectivity index (χ0v) is 10.9. The van der Waals surface area contributed by atoms with Crippen molar-refractivity contribution >= 4 is 21.4 Å². The highest BCUT2D eigenvalue weighted by Crippen LogP contribution is 2.66. The Morgan fingerprint density at radius 1 is 1.12 bits per heavy atom. The van der Waals surface area contributed by atoms with Crippen LogP contribution in [0.5, 0.6) is 0 Å². The van der Waals surface area contributed by atoms with E-state index in [1.54, 1.807) is 0 Å². The Morgan fingerprint density at radius 3 is 2.56 bits per heavy atom. The molecule has 2 nitrogen and oxygen atoms in total. The van der Waals surface area contributed by atoms with Gasteiger partial charge in [-0.1, -0.05) is 25.0 Å². The lowest BCUT2D eigenvalue weighted by molar-refractivity contribution is 0.0265. The molecule has 4 heteroatoms. The van der Waals surface area contributed by atoms with Gasteiger partial charge in [0, 0.05) is 5.41 Å². The molecular weight excluding hydrogens is 244 g/mol. The van der Waals surface area contributed by atoms with Crippen LogP contribution in [0.25, 0.3) is 0 Å². The van der Waals surface area contributed by atoms with E-state index in [0.717, 1.165) is 38.5 Å². The molecule has 0 aromatic rings. The summed E-state index contributed by atoms with van der Waals surface area (Å²) >= 11 is 6.31. The predicted molar refractivity (Wildman–Crippen MR) is 65.1 cm³/mol. The summed E-state index contributed by atoms with van der Waals surface area (Å²) in [6, 6.07) is 0. The van der Waals surface area contributed by atoms with E-state index < -0.39 is 14.5 Å². The summed E-state index contributed by atoms with van der Waals surface area (Å²) in [4.78, 5) is 0. The summed E-state index contributed by atoms with van der Waals surface area (Å²) in [6.07, 6.45) is 10.4. The van der Waals surface area contributed by atoms with Crippen LogP contribution in [0.2, 0.25) is 0 Å². The molecule has 1 saturated carbocycles. The van der Waals surface area contributed by atoms with Crippen LogP contribution in [0.1, 0.15) is 38.5 Å². The van der Waals surface area contributed by atoms with Crippen molar-refractivity contribution in [2.75, 3.05) is 5.75 Å². The minimum atomic E-state index is -3.08. The van der Waals surface area contributed by atoms with E-state index in [4.69, 9.17) is 11.6 Å². The number of hydrogen-bond acceptors (Lipinski definition) is 2. The molecule has 0 spiro atoms. The highest BCUT2D eigenvalue weighted by Gasteiger charge is 2.66. The second-order valence-electron chi connectivity index (χ2n) is 5.65. The van der Waals surface area contributed by atoms with Crippen molar-refractivity contribution in [2.24, 2.45) is 10.8 Å². The Balaban J connectivity index is 2.17. The average Bonchev–Trinajstić information content (AvgIpc) is 2.45. The first kappa shape index (κ1) is 11.1. The highest BCUT2D eigenvalue weighted by atomic mass is 35.5. The third-order valence-electron chi connectivity index (χ3n) is 4.97. The standard InChI is InChI=1S/C12H17ClO2S/c13-10-12-7-3-1-5-11(12,6-2-4-8-12)9-16(10,14)15/h1,3,10H,2,4-9H2/t10-,11+,12+/m0/s1. The van der Waals surface area contributed by atoms with Crippen molar-refractivity contribution in [3.8, 4) is 0 Å². The summed E-state index contributed by atoms with van der Waals surface area (Å²) in [7, 11) is -3.08. The minimum Gasteiger partial charge on any atom is -0.227 e. The van der Waals surface area contributed by atoms with E-state index in [1.165, 1.54) is 0 Å². The molecule has 0 amide bonds. The SMILES string of the molecule is O=S1(=O)C[C@]23CC=CC[C@@]2(CCCC3)[C@H]1Cl. The number of hydrogen-bond donors (Lipinski definition) is 0. The van der Waals surface area contributed by atoms with Gasteiger partial charge in [-0.25, -0.2) is 8.42 Å². The lowest BCUT2D eigenvalue weighted by Gasteiger charge is -2.51. The molecule has 0 N–H and O–H groups in total. The number of rotatable bonds is 0. The van der Waals surface area contributed by atoms with E-state index in [1.807, 2.05) is 0 Å². The van der Waals surface area contributed by atoms with Gasteiger partial charge < -0.3 is 0 Å². The summed E-state index contributed by atoms with van der Waals surface area (Å²) < 4.78 is 23.6. The van der Waals surface area contributed by atoms with Gasteiger partial charge >= 0.3 is 0 Å². The van der Waals surface area contributed by atoms with E-state index in [9.17, 15) is 8.42 Å². The second kappa shape index (κ2) is 3.26. The monoisotopic (exact) mass is 260 g/mol. The van der Waals surface area contributed by atoms with E-state index in [0.29, 0.717) is 5.75 Å². The highest BCUT2D eigenvalue weighted by molar-refractivity contribution is 7.93. The van der Waals surface area contributed by atoms with Gasteiger partial charge in [-0.3, -0.25) is 0 Å². The molecule has 3 aliphatic rings. The lowest BCUT2D eigenvalue weighted by Crippen LogP contribution is -2.46. The molecule has 90 valence electrons. The molecule has 1 aliphatic heterocycles. The van der Waals surface area contributed by atoms with E-state index in [-0.39, 0.29) is 10.8 Å². The van der Waals surface area contributed by atoms with Gasteiger partial charge in [0.1, 0.15) is 4.71 Å². The van der Waals surface area contributed by atoms with Crippen LogP contribution in [0.15, 0.2) is 12.2 Å². The Labute approximate surface area is 102 Å². The minimum absolute atomic E-state index is 0.0365. The van der Waals surface area contributed by atoms with Gasteiger partial charge in [0.05, 0.1) is 5.75 Å². The summed E-state index contributed by atoms with van der Waals surface area (Å²) in [5.74, 6) is 0.318. The average molecular weight is 261 g/mol. The maximum absolute atomic E-state index is 12.1. The number of allylic oxidation sites excluding steroid dienone is 2. The fourth-order valence-corrected chi connectivity index (χ4v) is 7.40. The topological polar surface area (TPSA) is 34.1 Å². The normalized spacial score (nSPS) is 49.7. The molecular formula is C12H17ClO2S. The van der Waals surface area contributed by atoms with Crippen LogP contribution in [-0.2, 0) is 9.84 Å². The largest absolute Gasteiger partial charge is 0.227 e. The molecule has 0 bridgehead atoms. The van der Waals surface area contributed by atoms with Crippen LogP contribution in [0.3, 0.4) is 0 Å². The molecule has 0 aromatic heterocycles. The van der Waals surface area contributed by atoms with Crippen LogP contribution in [-0.4, -0.2) is 18.9 Å². The molecule has 1 heterocycles. The number of alkyl halides is 1. The summed E-state index contributed by atoms with van der Waals surface area (Å²) in [5, 5.41) is 0. The lowest BCUT2D eigenvalue weighted by atomic mass is 9.53. The molecule has 1 saturated heterocycles. The van der Waals surface area contributed by atoms with Crippen LogP contribution >= 0.6 is 11.6 Å². The quantitative estimate of drug-likeness (QED) is 0.496. The zero-order valence-electron chi connectivity index (χ0n) is 9.28. The maximum Gasteiger partial charge on any atom is 0.168 e. The molecule has 2 fully saturated rings. The first-order valence-electron chi connectivity index (χ1n) is 6.03. The molecule has 16 heavy (non-hydrogen) atoms. The van der Waals surface area contributed by atoms with Gasteiger partial charge in [0.15, 0.2) is 9.84 Å². The Bertz CT molecular complexity index is 442. The maximum atomic E-state index is 12.1. The van der Waals surface area contributed by atoms with Gasteiger partial charge in [0.2, 0.25) is 0 Å². The smallest absolute Gasteiger partial charge is 0.168 e. The van der Waals surface area contributed by atoms with Gasteiger partial charge in [-0.05, 0) is 31.1 Å². The third kappa shape index (κ3) is 1.16. The van der Waals surface area contributed by atoms with Crippen molar-refractivity contribution in [3.63, 3.8) is 0 Å². The van der Waals surface area contributed by atoms with Crippen LogP contribution in [0.4, 0.5) is 0 Å². The first-order chi connectivity index (χ1) is 7.53. The van der Waals surface area contributed by atoms with Crippen molar-refractivity contribution in [1.29, 1.82) is 0 Å². The first-order valence-corrected chi connectivity index (χ1v) is 8.18. The van der Waals surface area contributed by atoms with Crippen molar-refractivity contribution < 1.29 is 8.42 Å². The molecule has 0 unspecified atom stereocenters. The zero-order chi connectivity index (χ0) is 11.4. The molecule has 0 aromatic carbocycles. The van der Waals surface area contributed by atoms with Gasteiger partial charge in [-0.2, -0.15) is 0 Å². The van der Waals surface area contributed by atoms with Crippen LogP contribution < -0.4 is 0 Å². The Kier molecular flexibility index (Phi) is 2.26. The van der Waals surface area contributed by atoms with Gasteiger partial charge in [0.25, 0.3) is 0 Å². The second-order valence-corrected chi connectivity index (χ2v) is 8.43. The van der Waals surface area contributed by atoms with Crippen molar-refractivity contribution in [1.82, 2.24) is 0 Å². The molecule has 2 aliphatic carbocycles. The number of halogens is 1.